The van der Waals surface area contributed by atoms with E-state index in [9.17, 15) is 27.6 Å². The number of pyridine rings is 1. The summed E-state index contributed by atoms with van der Waals surface area (Å²) in [5.41, 5.74) is 1.11. The number of benzene rings is 2. The highest BCUT2D eigenvalue weighted by Crippen LogP contribution is 2.48. The molecule has 0 atom stereocenters. The summed E-state index contributed by atoms with van der Waals surface area (Å²) < 4.78 is 44.5. The number of hydrogen-bond acceptors (Lipinski definition) is 12. The summed E-state index contributed by atoms with van der Waals surface area (Å²) >= 11 is 7.25. The van der Waals surface area contributed by atoms with Crippen molar-refractivity contribution in [2.45, 2.75) is 38.4 Å². The number of ether oxygens (including phenoxy) is 1. The zero-order valence-electron chi connectivity index (χ0n) is 28.2. The molecule has 3 aromatic heterocycles. The van der Waals surface area contributed by atoms with Crippen molar-refractivity contribution < 1.29 is 32.3 Å². The summed E-state index contributed by atoms with van der Waals surface area (Å²) in [6.45, 7) is 2.28. The van der Waals surface area contributed by atoms with Crippen LogP contribution in [0.1, 0.15) is 42.6 Å². The Morgan fingerprint density at radius 3 is 2.26 bits per heavy atom. The van der Waals surface area contributed by atoms with Crippen LogP contribution in [-0.2, 0) is 15.1 Å². The molecule has 1 aliphatic carbocycles. The number of hydrogen-bond donors (Lipinski definition) is 5. The smallest absolute Gasteiger partial charge is 0.422 e. The fourth-order valence-electron chi connectivity index (χ4n) is 4.98. The molecule has 0 bridgehead atoms. The predicted octanol–water partition coefficient (Wildman–Crippen LogP) is 5.83. The molecule has 0 saturated heterocycles. The van der Waals surface area contributed by atoms with Gasteiger partial charge in [-0.2, -0.15) is 28.1 Å². The number of nitrogens with one attached hydrogen (secondary N) is 5. The van der Waals surface area contributed by atoms with Crippen molar-refractivity contribution in [1.29, 1.82) is 0 Å². The monoisotopic (exact) mass is 768 g/mol. The van der Waals surface area contributed by atoms with Gasteiger partial charge in [-0.05, 0) is 66.3 Å². The van der Waals surface area contributed by atoms with E-state index in [0.717, 1.165) is 23.1 Å². The van der Waals surface area contributed by atoms with Gasteiger partial charge in [0, 0.05) is 35.6 Å². The Balaban J connectivity index is 1.03. The van der Waals surface area contributed by atoms with Crippen LogP contribution in [0.3, 0.4) is 0 Å². The van der Waals surface area contributed by atoms with E-state index in [-0.39, 0.29) is 30.1 Å². The molecule has 19 heteroatoms. The number of carbonyl (C=O) groups is 3. The van der Waals surface area contributed by atoms with E-state index >= 15 is 0 Å². The number of rotatable bonds is 13. The van der Waals surface area contributed by atoms with Crippen LogP contribution in [0, 0.1) is 5.41 Å². The first-order chi connectivity index (χ1) is 25.2. The normalized spacial score (nSPS) is 13.5. The molecule has 2 aromatic carbocycles. The van der Waals surface area contributed by atoms with Gasteiger partial charge in [0.15, 0.2) is 11.7 Å². The maximum Gasteiger partial charge on any atom is 0.422 e. The molecule has 6 rings (SSSR count). The standard InChI is InChI=1S/C34H32ClF3N10O4S/c1-32(2,17-41-26(50)27(51)44-31-43-23-15-39-14-11-24(23)53-31)16-40-25(49)19-3-9-22(10-4-19)42-28-45-29(47-30(46-28)52-18-34(36,37)38)48-33(12-13-33)20-5-7-21(35)8-6-20/h3-11,14-15H,12-13,16-18H2,1-2H3,(H,40,49)(H,41,50)(H,43,44,51)(H2,42,45,46,47,48). The summed E-state index contributed by atoms with van der Waals surface area (Å²) in [7, 11) is 0. The number of fused-ring (bicyclic) bond motifs is 1. The lowest BCUT2D eigenvalue weighted by molar-refractivity contribution is -0.154. The van der Waals surface area contributed by atoms with Crippen LogP contribution in [0.5, 0.6) is 6.01 Å². The minimum atomic E-state index is -4.61. The number of carbonyl (C=O) groups excluding carboxylic acids is 3. The van der Waals surface area contributed by atoms with Crippen molar-refractivity contribution in [2.75, 3.05) is 35.6 Å². The molecule has 3 amide bonds. The SMILES string of the molecule is CC(C)(CNC(=O)C(=O)Nc1nc2cnccc2s1)CNC(=O)c1ccc(Nc2nc(NC3(c4ccc(Cl)cc4)CC3)nc(OCC(F)(F)F)n2)cc1. The summed E-state index contributed by atoms with van der Waals surface area (Å²) in [6, 6.07) is 14.6. The Morgan fingerprint density at radius 2 is 1.58 bits per heavy atom. The van der Waals surface area contributed by atoms with Gasteiger partial charge < -0.3 is 26.0 Å². The van der Waals surface area contributed by atoms with Crippen molar-refractivity contribution in [1.82, 2.24) is 35.6 Å². The lowest BCUT2D eigenvalue weighted by atomic mass is 9.93. The Kier molecular flexibility index (Phi) is 10.6. The summed E-state index contributed by atoms with van der Waals surface area (Å²) in [4.78, 5) is 58.4. The molecule has 5 aromatic rings. The third-order valence-electron chi connectivity index (χ3n) is 7.95. The third-order valence-corrected chi connectivity index (χ3v) is 9.16. The highest BCUT2D eigenvalue weighted by Gasteiger charge is 2.45. The quantitative estimate of drug-likeness (QED) is 0.0909. The largest absolute Gasteiger partial charge is 0.454 e. The first-order valence-corrected chi connectivity index (χ1v) is 17.3. The first kappa shape index (κ1) is 37.1. The number of nitrogens with zero attached hydrogens (tertiary/aromatic N) is 5. The molecule has 0 radical (unpaired) electrons. The number of anilines is 4. The van der Waals surface area contributed by atoms with E-state index in [0.29, 0.717) is 21.8 Å². The summed E-state index contributed by atoms with van der Waals surface area (Å²) in [6.07, 6.45) is 0.0215. The highest BCUT2D eigenvalue weighted by atomic mass is 35.5. The van der Waals surface area contributed by atoms with Gasteiger partial charge in [-0.1, -0.05) is 48.9 Å². The van der Waals surface area contributed by atoms with E-state index in [2.05, 4.69) is 51.5 Å². The molecule has 5 N–H and O–H groups in total. The molecule has 276 valence electrons. The number of thiazole rings is 1. The van der Waals surface area contributed by atoms with Crippen LogP contribution in [0.2, 0.25) is 5.02 Å². The van der Waals surface area contributed by atoms with Gasteiger partial charge in [0.1, 0.15) is 5.52 Å². The van der Waals surface area contributed by atoms with Crippen molar-refractivity contribution in [3.63, 3.8) is 0 Å². The van der Waals surface area contributed by atoms with Crippen LogP contribution in [-0.4, -0.2) is 68.5 Å². The molecular formula is C34H32ClF3N10O4S. The molecule has 1 saturated carbocycles. The molecule has 0 aliphatic heterocycles. The van der Waals surface area contributed by atoms with E-state index in [1.807, 2.05) is 26.0 Å². The van der Waals surface area contributed by atoms with E-state index in [1.54, 1.807) is 42.7 Å². The molecule has 0 spiro atoms. The fraction of sp³-hybridized carbons (Fsp3) is 0.294. The second-order valence-electron chi connectivity index (χ2n) is 12.9. The number of amides is 3. The zero-order valence-corrected chi connectivity index (χ0v) is 29.7. The van der Waals surface area contributed by atoms with Crippen molar-refractivity contribution in [3.05, 3.63) is 83.1 Å². The van der Waals surface area contributed by atoms with Crippen molar-refractivity contribution >= 4 is 73.6 Å². The topological polar surface area (TPSA) is 185 Å². The number of aromatic nitrogens is 5. The molecule has 1 fully saturated rings. The van der Waals surface area contributed by atoms with Crippen LogP contribution in [0.15, 0.2) is 67.0 Å². The minimum Gasteiger partial charge on any atom is -0.454 e. The zero-order chi connectivity index (χ0) is 37.8. The Labute approximate surface area is 309 Å². The lowest BCUT2D eigenvalue weighted by Gasteiger charge is -2.25. The summed E-state index contributed by atoms with van der Waals surface area (Å²) in [5.74, 6) is -2.19. The predicted molar refractivity (Wildman–Crippen MR) is 192 cm³/mol. The van der Waals surface area contributed by atoms with Gasteiger partial charge in [0.2, 0.25) is 11.9 Å². The van der Waals surface area contributed by atoms with Gasteiger partial charge in [0.25, 0.3) is 5.91 Å². The fourth-order valence-corrected chi connectivity index (χ4v) is 5.93. The lowest BCUT2D eigenvalue weighted by Crippen LogP contribution is -2.44. The minimum absolute atomic E-state index is 0.00789. The highest BCUT2D eigenvalue weighted by molar-refractivity contribution is 7.22. The van der Waals surface area contributed by atoms with Crippen LogP contribution in [0.4, 0.5) is 35.9 Å². The first-order valence-electron chi connectivity index (χ1n) is 16.1. The Hall–Kier alpha value is -5.62. The van der Waals surface area contributed by atoms with E-state index in [4.69, 9.17) is 16.3 Å². The molecular weight excluding hydrogens is 737 g/mol. The second kappa shape index (κ2) is 15.2. The van der Waals surface area contributed by atoms with Crippen LogP contribution >= 0.6 is 22.9 Å². The van der Waals surface area contributed by atoms with Gasteiger partial charge in [-0.25, -0.2) is 4.98 Å². The van der Waals surface area contributed by atoms with Crippen LogP contribution in [0.25, 0.3) is 10.2 Å². The average molecular weight is 769 g/mol. The van der Waals surface area contributed by atoms with Gasteiger partial charge in [0.05, 0.1) is 16.4 Å². The molecule has 3 heterocycles. The van der Waals surface area contributed by atoms with Gasteiger partial charge >= 0.3 is 24.0 Å². The summed E-state index contributed by atoms with van der Waals surface area (Å²) in [5, 5.41) is 14.9. The van der Waals surface area contributed by atoms with E-state index < -0.39 is 47.5 Å². The number of halogens is 4. The van der Waals surface area contributed by atoms with E-state index in [1.165, 1.54) is 23.5 Å². The third kappa shape index (κ3) is 10.0. The van der Waals surface area contributed by atoms with Gasteiger partial charge in [-0.15, -0.1) is 0 Å². The average Bonchev–Trinajstić information content (AvgIpc) is 3.78. The molecule has 0 unspecified atom stereocenters. The molecule has 1 aliphatic rings. The second-order valence-corrected chi connectivity index (χ2v) is 14.4. The van der Waals surface area contributed by atoms with Gasteiger partial charge in [-0.3, -0.25) is 24.7 Å². The number of alkyl halides is 3. The maximum absolute atomic E-state index is 13.0. The van der Waals surface area contributed by atoms with Crippen molar-refractivity contribution in [3.8, 4) is 6.01 Å². The molecule has 14 nitrogen and oxygen atoms in total. The van der Waals surface area contributed by atoms with Crippen LogP contribution < -0.4 is 31.3 Å². The Bertz CT molecular complexity index is 2100. The van der Waals surface area contributed by atoms with Crippen molar-refractivity contribution in [2.24, 2.45) is 5.41 Å². The molecule has 53 heavy (non-hydrogen) atoms. The Morgan fingerprint density at radius 1 is 0.887 bits per heavy atom. The maximum atomic E-state index is 13.0.